The van der Waals surface area contributed by atoms with Crippen molar-refractivity contribution in [2.24, 2.45) is 40.4 Å². The summed E-state index contributed by atoms with van der Waals surface area (Å²) in [5, 5.41) is 3.54. The van der Waals surface area contributed by atoms with Crippen LogP contribution < -0.4 is 5.32 Å². The smallest absolute Gasteiger partial charge is 0.306 e. The number of nitrogens with one attached hydrogen (secondary N) is 1. The molecule has 4 unspecified atom stereocenters. The van der Waals surface area contributed by atoms with Gasteiger partial charge in [0.2, 0.25) is 0 Å². The lowest BCUT2D eigenvalue weighted by Crippen LogP contribution is -2.61. The molecule has 0 aromatic carbocycles. The van der Waals surface area contributed by atoms with Gasteiger partial charge >= 0.3 is 11.9 Å². The largest absolute Gasteiger partial charge is 0.462 e. The molecule has 6 fully saturated rings. The first-order valence-corrected chi connectivity index (χ1v) is 17.1. The fourth-order valence-electron chi connectivity index (χ4n) is 11.5. The number of likely N-dealkylation sites (N-methyl/N-ethyl adjacent to an activating group) is 1. The van der Waals surface area contributed by atoms with Gasteiger partial charge in [-0.05, 0) is 86.9 Å². The summed E-state index contributed by atoms with van der Waals surface area (Å²) in [6.45, 7) is 13.5. The second-order valence-electron chi connectivity index (χ2n) is 15.6. The van der Waals surface area contributed by atoms with Gasteiger partial charge in [-0.3, -0.25) is 9.59 Å². The van der Waals surface area contributed by atoms with E-state index < -0.39 is 0 Å². The van der Waals surface area contributed by atoms with Crippen LogP contribution in [-0.2, 0) is 23.8 Å². The lowest BCUT2D eigenvalue weighted by Gasteiger charge is -2.62. The van der Waals surface area contributed by atoms with E-state index in [0.29, 0.717) is 36.1 Å². The van der Waals surface area contributed by atoms with Crippen molar-refractivity contribution in [2.75, 3.05) is 39.8 Å². The molecule has 0 radical (unpaired) electrons. The average Bonchev–Trinajstić information content (AvgIpc) is 3.26. The number of quaternary nitrogens is 1. The van der Waals surface area contributed by atoms with Crippen molar-refractivity contribution in [2.45, 2.75) is 123 Å². The number of ether oxygens (including phenoxy) is 3. The molecule has 41 heavy (non-hydrogen) atoms. The van der Waals surface area contributed by atoms with Crippen LogP contribution in [0, 0.1) is 40.4 Å². The molecule has 2 saturated heterocycles. The second kappa shape index (κ2) is 11.4. The van der Waals surface area contributed by atoms with E-state index in [1.807, 2.05) is 6.92 Å². The average molecular weight is 574 g/mol. The Balaban J connectivity index is 1.29. The fraction of sp³-hybridized carbons (Fsp3) is 0.941. The molecule has 11 atom stereocenters. The van der Waals surface area contributed by atoms with E-state index in [9.17, 15) is 9.59 Å². The number of esters is 2. The first-order valence-electron chi connectivity index (χ1n) is 17.1. The van der Waals surface area contributed by atoms with Crippen molar-refractivity contribution in [3.8, 4) is 0 Å². The Morgan fingerprint density at radius 2 is 1.76 bits per heavy atom. The Hall–Kier alpha value is -1.18. The monoisotopic (exact) mass is 573 g/mol. The SMILES string of the molecule is CCC(=O)O[C@H]1[C@@H]([N+]2(C)CCCCC2)CC2C3CC[C@H]4C[C@H](OC(C)=O)[C@H](C5CNCCO5)C[C@]4(C)C3CC[C@@]21C. The van der Waals surface area contributed by atoms with E-state index in [2.05, 4.69) is 26.2 Å². The van der Waals surface area contributed by atoms with E-state index in [4.69, 9.17) is 14.2 Å². The summed E-state index contributed by atoms with van der Waals surface area (Å²) in [6, 6.07) is 0.416. The molecule has 7 heteroatoms. The number of carbonyl (C=O) groups is 2. The molecule has 7 nitrogen and oxygen atoms in total. The molecule has 6 rings (SSSR count). The van der Waals surface area contributed by atoms with Crippen LogP contribution >= 0.6 is 0 Å². The van der Waals surface area contributed by atoms with Crippen LogP contribution in [0.4, 0.5) is 0 Å². The molecule has 6 aliphatic rings. The van der Waals surface area contributed by atoms with Crippen molar-refractivity contribution < 1.29 is 28.3 Å². The third kappa shape index (κ3) is 5.18. The lowest BCUT2D eigenvalue weighted by molar-refractivity contribution is -0.940. The Morgan fingerprint density at radius 1 is 0.976 bits per heavy atom. The van der Waals surface area contributed by atoms with E-state index in [-0.39, 0.29) is 47.0 Å². The number of carbonyl (C=O) groups excluding carboxylic acids is 2. The zero-order chi connectivity index (χ0) is 29.0. The number of rotatable bonds is 5. The van der Waals surface area contributed by atoms with Crippen LogP contribution in [0.2, 0.25) is 0 Å². The number of morpholine rings is 1. The molecule has 0 spiro atoms. The predicted octanol–water partition coefficient (Wildman–Crippen LogP) is 5.11. The third-order valence-corrected chi connectivity index (χ3v) is 13.6. The number of hydrogen-bond acceptors (Lipinski definition) is 6. The van der Waals surface area contributed by atoms with Crippen LogP contribution in [0.1, 0.15) is 98.3 Å². The predicted molar refractivity (Wildman–Crippen MR) is 158 cm³/mol. The van der Waals surface area contributed by atoms with Crippen LogP contribution in [-0.4, -0.2) is 80.6 Å². The molecule has 0 amide bonds. The zero-order valence-electron chi connectivity index (χ0n) is 26.5. The maximum Gasteiger partial charge on any atom is 0.306 e. The van der Waals surface area contributed by atoms with Crippen LogP contribution in [0.15, 0.2) is 0 Å². The highest BCUT2D eigenvalue weighted by Gasteiger charge is 2.67. The highest BCUT2D eigenvalue weighted by Crippen LogP contribution is 2.68. The van der Waals surface area contributed by atoms with Gasteiger partial charge in [0.1, 0.15) is 12.1 Å². The molecule has 2 heterocycles. The van der Waals surface area contributed by atoms with Gasteiger partial charge in [0, 0.05) is 44.2 Å². The van der Waals surface area contributed by atoms with Gasteiger partial charge in [-0.2, -0.15) is 0 Å². The van der Waals surface area contributed by atoms with Gasteiger partial charge in [0.25, 0.3) is 0 Å². The first-order chi connectivity index (χ1) is 19.6. The number of piperidine rings is 1. The van der Waals surface area contributed by atoms with Crippen molar-refractivity contribution >= 4 is 11.9 Å². The zero-order valence-corrected chi connectivity index (χ0v) is 26.5. The van der Waals surface area contributed by atoms with Crippen LogP contribution in [0.25, 0.3) is 0 Å². The standard InChI is InChI=1S/C34H57N2O5/c1-6-31(38)41-32-28(36(5)15-8-7-9-16-36)19-27-24-11-10-23-18-29(40-22(2)37)25(30-21-35-14-17-39-30)20-34(23,4)26(24)12-13-33(27,32)3/h23-30,32,35H,6-21H2,1-5H3/q+1/t23-,24?,25+,26?,27?,28-,29-,30?,32-,33-,34-/m0/s1. The Labute approximate surface area is 248 Å². The van der Waals surface area contributed by atoms with Crippen molar-refractivity contribution in [3.05, 3.63) is 0 Å². The van der Waals surface area contributed by atoms with Crippen LogP contribution in [0.3, 0.4) is 0 Å². The van der Waals surface area contributed by atoms with Gasteiger partial charge < -0.3 is 24.0 Å². The Morgan fingerprint density at radius 3 is 2.44 bits per heavy atom. The number of likely N-dealkylation sites (tertiary alicyclic amines) is 1. The maximum absolute atomic E-state index is 12.9. The number of nitrogens with zero attached hydrogens (tertiary/aromatic N) is 1. The number of hydrogen-bond donors (Lipinski definition) is 1. The van der Waals surface area contributed by atoms with Gasteiger partial charge in [0.05, 0.1) is 32.8 Å². The lowest BCUT2D eigenvalue weighted by atomic mass is 9.44. The van der Waals surface area contributed by atoms with Gasteiger partial charge in [0.15, 0.2) is 6.10 Å². The first kappa shape index (κ1) is 29.9. The van der Waals surface area contributed by atoms with Crippen molar-refractivity contribution in [1.29, 1.82) is 0 Å². The summed E-state index contributed by atoms with van der Waals surface area (Å²) >= 11 is 0. The number of fused-ring (bicyclic) bond motifs is 5. The van der Waals surface area contributed by atoms with Gasteiger partial charge in [-0.15, -0.1) is 0 Å². The normalized spacial score (nSPS) is 47.4. The highest BCUT2D eigenvalue weighted by molar-refractivity contribution is 5.69. The minimum absolute atomic E-state index is 0.0176. The molecule has 232 valence electrons. The summed E-state index contributed by atoms with van der Waals surface area (Å²) in [5.74, 6) is 2.60. The second-order valence-corrected chi connectivity index (χ2v) is 15.6. The van der Waals surface area contributed by atoms with Crippen molar-refractivity contribution in [3.63, 3.8) is 0 Å². The van der Waals surface area contributed by atoms with Gasteiger partial charge in [-0.25, -0.2) is 0 Å². The quantitative estimate of drug-likeness (QED) is 0.364. The fourth-order valence-corrected chi connectivity index (χ4v) is 11.5. The van der Waals surface area contributed by atoms with Crippen LogP contribution in [0.5, 0.6) is 0 Å². The maximum atomic E-state index is 12.9. The topological polar surface area (TPSA) is 73.9 Å². The summed E-state index contributed by atoms with van der Waals surface area (Å²) in [6.07, 6.45) is 12.6. The molecule has 2 aliphatic heterocycles. The minimum Gasteiger partial charge on any atom is -0.462 e. The third-order valence-electron chi connectivity index (χ3n) is 13.6. The summed E-state index contributed by atoms with van der Waals surface area (Å²) in [7, 11) is 2.46. The Kier molecular flexibility index (Phi) is 8.30. The summed E-state index contributed by atoms with van der Waals surface area (Å²) in [5.41, 5.74) is 0.285. The molecule has 0 aromatic rings. The molecule has 0 bridgehead atoms. The molecule has 4 saturated carbocycles. The van der Waals surface area contributed by atoms with E-state index in [0.717, 1.165) is 43.4 Å². The highest BCUT2D eigenvalue weighted by atomic mass is 16.6. The Bertz CT molecular complexity index is 976. The van der Waals surface area contributed by atoms with Crippen molar-refractivity contribution in [1.82, 2.24) is 5.32 Å². The van der Waals surface area contributed by atoms with Gasteiger partial charge in [-0.1, -0.05) is 20.8 Å². The van der Waals surface area contributed by atoms with E-state index in [1.54, 1.807) is 6.92 Å². The molecule has 0 aromatic heterocycles. The molecule has 1 N–H and O–H groups in total. The molecular formula is C34H57N2O5+. The van der Waals surface area contributed by atoms with E-state index >= 15 is 0 Å². The molecule has 4 aliphatic carbocycles. The summed E-state index contributed by atoms with van der Waals surface area (Å²) in [4.78, 5) is 25.0. The minimum atomic E-state index is -0.159. The molecular weight excluding hydrogens is 516 g/mol. The van der Waals surface area contributed by atoms with E-state index in [1.165, 1.54) is 58.0 Å². The summed E-state index contributed by atoms with van der Waals surface area (Å²) < 4.78 is 19.9.